The van der Waals surface area contributed by atoms with Crippen LogP contribution in [0.15, 0.2) is 18.2 Å². The molecule has 6 heteroatoms. The van der Waals surface area contributed by atoms with Gasteiger partial charge in [0.1, 0.15) is 0 Å². The van der Waals surface area contributed by atoms with E-state index in [4.69, 9.17) is 5.73 Å². The number of primary amides is 1. The van der Waals surface area contributed by atoms with Crippen LogP contribution in [-0.2, 0) is 9.47 Å². The Hall–Kier alpha value is -1.53. The summed E-state index contributed by atoms with van der Waals surface area (Å²) < 4.78 is 35.8. The Kier molecular flexibility index (Phi) is 4.53. The fraction of sp³-hybridized carbons (Fsp3) is 0.364. The lowest BCUT2D eigenvalue weighted by atomic mass is 10.00. The number of methoxy groups -OCH3 is 2. The van der Waals surface area contributed by atoms with E-state index in [1.54, 1.807) is 0 Å². The summed E-state index contributed by atoms with van der Waals surface area (Å²) in [4.78, 5) is 11.3. The van der Waals surface area contributed by atoms with Gasteiger partial charge in [0.05, 0.1) is 5.56 Å². The zero-order valence-corrected chi connectivity index (χ0v) is 9.44. The maximum Gasteiger partial charge on any atom is 0.249 e. The van der Waals surface area contributed by atoms with Gasteiger partial charge in [-0.1, -0.05) is 18.2 Å². The highest BCUT2D eigenvalue weighted by molar-refractivity contribution is 5.96. The SMILES string of the molecule is COC(F)c1cccc(C(F)OC)c1C(N)=O. The van der Waals surface area contributed by atoms with E-state index in [0.717, 1.165) is 14.2 Å². The highest BCUT2D eigenvalue weighted by atomic mass is 19.1. The monoisotopic (exact) mass is 245 g/mol. The van der Waals surface area contributed by atoms with Gasteiger partial charge in [0.2, 0.25) is 18.6 Å². The average molecular weight is 245 g/mol. The first kappa shape index (κ1) is 13.5. The molecule has 0 aliphatic heterocycles. The highest BCUT2D eigenvalue weighted by Crippen LogP contribution is 2.29. The van der Waals surface area contributed by atoms with Crippen LogP contribution in [-0.4, -0.2) is 20.1 Å². The number of carbonyl (C=O) groups is 1. The summed E-state index contributed by atoms with van der Waals surface area (Å²) in [5.41, 5.74) is 4.64. The predicted octanol–water partition coefficient (Wildman–Crippen LogP) is 2.01. The first-order chi connectivity index (χ1) is 8.02. The van der Waals surface area contributed by atoms with Crippen molar-refractivity contribution in [2.24, 2.45) is 5.73 Å². The molecule has 4 nitrogen and oxygen atoms in total. The van der Waals surface area contributed by atoms with Gasteiger partial charge in [0.15, 0.2) is 0 Å². The smallest absolute Gasteiger partial charge is 0.249 e. The Balaban J connectivity index is 3.37. The lowest BCUT2D eigenvalue weighted by Gasteiger charge is -2.16. The second-order valence-corrected chi connectivity index (χ2v) is 3.28. The summed E-state index contributed by atoms with van der Waals surface area (Å²) in [5.74, 6) is -0.935. The Labute approximate surface area is 97.3 Å². The minimum absolute atomic E-state index is 0.114. The van der Waals surface area contributed by atoms with Crippen molar-refractivity contribution in [2.75, 3.05) is 14.2 Å². The van der Waals surface area contributed by atoms with E-state index in [1.165, 1.54) is 18.2 Å². The molecule has 0 saturated heterocycles. The lowest BCUT2D eigenvalue weighted by Crippen LogP contribution is -2.19. The molecular weight excluding hydrogens is 232 g/mol. The van der Waals surface area contributed by atoms with Gasteiger partial charge in [-0.15, -0.1) is 0 Å². The van der Waals surface area contributed by atoms with Crippen LogP contribution in [0.4, 0.5) is 8.78 Å². The standard InChI is InChI=1S/C11H13F2NO3/c1-16-9(12)6-4-3-5-7(10(13)17-2)8(6)11(14)15/h3-5,9-10H,1-2H3,(H2,14,15). The Bertz CT molecular complexity index is 383. The van der Waals surface area contributed by atoms with E-state index in [1.807, 2.05) is 0 Å². The molecule has 94 valence electrons. The number of ether oxygens (including phenoxy) is 2. The van der Waals surface area contributed by atoms with Crippen LogP contribution in [0.5, 0.6) is 0 Å². The van der Waals surface area contributed by atoms with Gasteiger partial charge in [-0.2, -0.15) is 0 Å². The van der Waals surface area contributed by atoms with Crippen molar-refractivity contribution in [1.82, 2.24) is 0 Å². The van der Waals surface area contributed by atoms with Crippen molar-refractivity contribution in [1.29, 1.82) is 0 Å². The van der Waals surface area contributed by atoms with Crippen LogP contribution in [0.3, 0.4) is 0 Å². The number of benzene rings is 1. The maximum absolute atomic E-state index is 13.4. The second-order valence-electron chi connectivity index (χ2n) is 3.28. The fourth-order valence-electron chi connectivity index (χ4n) is 1.51. The van der Waals surface area contributed by atoms with E-state index in [9.17, 15) is 13.6 Å². The molecule has 0 aromatic heterocycles. The van der Waals surface area contributed by atoms with Crippen molar-refractivity contribution in [3.8, 4) is 0 Å². The average Bonchev–Trinajstić information content (AvgIpc) is 2.35. The largest absolute Gasteiger partial charge is 0.366 e. The van der Waals surface area contributed by atoms with E-state index >= 15 is 0 Å². The van der Waals surface area contributed by atoms with Crippen molar-refractivity contribution in [3.63, 3.8) is 0 Å². The third kappa shape index (κ3) is 2.78. The first-order valence-corrected chi connectivity index (χ1v) is 4.79. The molecular formula is C11H13F2NO3. The van der Waals surface area contributed by atoms with Crippen LogP contribution in [0.25, 0.3) is 0 Å². The summed E-state index contributed by atoms with van der Waals surface area (Å²) in [5, 5.41) is 0. The predicted molar refractivity (Wildman–Crippen MR) is 56.7 cm³/mol. The molecule has 0 fully saturated rings. The molecule has 2 atom stereocenters. The van der Waals surface area contributed by atoms with Gasteiger partial charge in [-0.25, -0.2) is 8.78 Å². The molecule has 1 aromatic carbocycles. The van der Waals surface area contributed by atoms with Gasteiger partial charge in [-0.05, 0) is 0 Å². The molecule has 2 N–H and O–H groups in total. The van der Waals surface area contributed by atoms with Crippen molar-refractivity contribution in [2.45, 2.75) is 12.7 Å². The van der Waals surface area contributed by atoms with Crippen molar-refractivity contribution >= 4 is 5.91 Å². The van der Waals surface area contributed by atoms with Crippen LogP contribution in [0, 0.1) is 0 Å². The molecule has 0 bridgehead atoms. The lowest BCUT2D eigenvalue weighted by molar-refractivity contribution is -0.0128. The molecule has 1 amide bonds. The number of rotatable bonds is 5. The molecule has 1 rings (SSSR count). The first-order valence-electron chi connectivity index (χ1n) is 4.79. The summed E-state index contributed by atoms with van der Waals surface area (Å²) in [6.45, 7) is 0. The molecule has 0 aliphatic carbocycles. The number of hydrogen-bond donors (Lipinski definition) is 1. The van der Waals surface area contributed by atoms with Crippen molar-refractivity contribution < 1.29 is 23.0 Å². The highest BCUT2D eigenvalue weighted by Gasteiger charge is 2.24. The van der Waals surface area contributed by atoms with Crippen LogP contribution >= 0.6 is 0 Å². The minimum atomic E-state index is -1.85. The van der Waals surface area contributed by atoms with Crippen LogP contribution in [0.2, 0.25) is 0 Å². The second kappa shape index (κ2) is 5.70. The van der Waals surface area contributed by atoms with Gasteiger partial charge >= 0.3 is 0 Å². The molecule has 0 aliphatic rings. The van der Waals surface area contributed by atoms with E-state index in [-0.39, 0.29) is 16.7 Å². The fourth-order valence-corrected chi connectivity index (χ4v) is 1.51. The zero-order valence-electron chi connectivity index (χ0n) is 9.44. The van der Waals surface area contributed by atoms with Gasteiger partial charge in [-0.3, -0.25) is 4.79 Å². The van der Waals surface area contributed by atoms with Crippen LogP contribution < -0.4 is 5.73 Å². The molecule has 0 radical (unpaired) electrons. The topological polar surface area (TPSA) is 61.6 Å². The zero-order chi connectivity index (χ0) is 13.0. The molecule has 1 aromatic rings. The van der Waals surface area contributed by atoms with E-state index in [2.05, 4.69) is 9.47 Å². The van der Waals surface area contributed by atoms with Crippen molar-refractivity contribution in [3.05, 3.63) is 34.9 Å². The summed E-state index contributed by atoms with van der Waals surface area (Å²) in [6, 6.07) is 4.01. The van der Waals surface area contributed by atoms with Gasteiger partial charge < -0.3 is 15.2 Å². The minimum Gasteiger partial charge on any atom is -0.366 e. The quantitative estimate of drug-likeness (QED) is 0.863. The number of amides is 1. The number of halogens is 2. The number of carbonyl (C=O) groups excluding carboxylic acids is 1. The van der Waals surface area contributed by atoms with Gasteiger partial charge in [0, 0.05) is 25.3 Å². The molecule has 2 unspecified atom stereocenters. The Morgan fingerprint density at radius 3 is 1.88 bits per heavy atom. The number of nitrogens with two attached hydrogens (primary N) is 1. The molecule has 0 saturated carbocycles. The number of alkyl halides is 2. The Morgan fingerprint density at radius 1 is 1.18 bits per heavy atom. The Morgan fingerprint density at radius 2 is 1.59 bits per heavy atom. The molecule has 0 heterocycles. The molecule has 17 heavy (non-hydrogen) atoms. The van der Waals surface area contributed by atoms with Crippen LogP contribution in [0.1, 0.15) is 34.2 Å². The number of hydrogen-bond acceptors (Lipinski definition) is 3. The summed E-state index contributed by atoms with van der Waals surface area (Å²) in [7, 11) is 2.26. The van der Waals surface area contributed by atoms with E-state index in [0.29, 0.717) is 0 Å². The third-order valence-corrected chi connectivity index (χ3v) is 2.28. The summed E-state index contributed by atoms with van der Waals surface area (Å²) >= 11 is 0. The van der Waals surface area contributed by atoms with E-state index < -0.39 is 18.6 Å². The third-order valence-electron chi connectivity index (χ3n) is 2.28. The van der Waals surface area contributed by atoms with Gasteiger partial charge in [0.25, 0.3) is 0 Å². The normalized spacial score (nSPS) is 14.4. The summed E-state index contributed by atoms with van der Waals surface area (Å²) in [6.07, 6.45) is -3.69. The maximum atomic E-state index is 13.4. The molecule has 0 spiro atoms.